The summed E-state index contributed by atoms with van der Waals surface area (Å²) in [5, 5.41) is 23.7. The van der Waals surface area contributed by atoms with E-state index in [1.807, 2.05) is 12.2 Å². The fourth-order valence-electron chi connectivity index (χ4n) is 6.97. The van der Waals surface area contributed by atoms with E-state index < -0.39 is 18.2 Å². The molecule has 6 nitrogen and oxygen atoms in total. The van der Waals surface area contributed by atoms with Crippen molar-refractivity contribution in [1.29, 1.82) is 0 Å². The molecule has 6 heteroatoms. The third-order valence-electron chi connectivity index (χ3n) is 10.6. The highest BCUT2D eigenvalue weighted by Crippen LogP contribution is 2.17. The van der Waals surface area contributed by atoms with Crippen LogP contribution in [0.4, 0.5) is 0 Å². The van der Waals surface area contributed by atoms with E-state index in [4.69, 9.17) is 4.74 Å². The Hall–Kier alpha value is -2.70. The van der Waals surface area contributed by atoms with Gasteiger partial charge in [0.2, 0.25) is 5.91 Å². The molecule has 0 aliphatic carbocycles. The van der Waals surface area contributed by atoms with Crippen molar-refractivity contribution in [3.8, 4) is 0 Å². The molecule has 0 saturated heterocycles. The van der Waals surface area contributed by atoms with Crippen molar-refractivity contribution in [3.63, 3.8) is 0 Å². The van der Waals surface area contributed by atoms with Crippen LogP contribution >= 0.6 is 0 Å². The highest BCUT2D eigenvalue weighted by molar-refractivity contribution is 5.77. The summed E-state index contributed by atoms with van der Waals surface area (Å²) in [5.41, 5.74) is 0. The molecular weight excluding hydrogens is 719 g/mol. The van der Waals surface area contributed by atoms with Crippen molar-refractivity contribution in [2.24, 2.45) is 0 Å². The van der Waals surface area contributed by atoms with Gasteiger partial charge in [-0.3, -0.25) is 9.59 Å². The lowest BCUT2D eigenvalue weighted by molar-refractivity contribution is -0.151. The number of ether oxygens (including phenoxy) is 1. The third-order valence-corrected chi connectivity index (χ3v) is 10.6. The first kappa shape index (κ1) is 55.3. The Morgan fingerprint density at radius 2 is 1.02 bits per heavy atom. The summed E-state index contributed by atoms with van der Waals surface area (Å²) in [6.07, 6.45) is 56.8. The fraction of sp³-hybridized carbons (Fsp3) is 0.731. The molecule has 334 valence electrons. The third kappa shape index (κ3) is 40.1. The lowest BCUT2D eigenvalue weighted by atomic mass is 10.0. The first-order valence-corrected chi connectivity index (χ1v) is 24.2. The fourth-order valence-corrected chi connectivity index (χ4v) is 6.97. The quantitative estimate of drug-likeness (QED) is 0.0247. The molecule has 3 N–H and O–H groups in total. The number of hydrogen-bond donors (Lipinski definition) is 3. The number of esters is 1. The van der Waals surface area contributed by atoms with Crippen LogP contribution < -0.4 is 5.32 Å². The number of carbonyl (C=O) groups is 2. The van der Waals surface area contributed by atoms with Gasteiger partial charge in [-0.2, -0.15) is 0 Å². The SMILES string of the molecule is CC/C=C/C=C/C=C\CCCCCC(CC(=O)NC(CO)C(O)CCCCCCCCCCCCCCCC)OC(=O)CCCCCC/C=C/C/C=C/C/C=C/CC. The smallest absolute Gasteiger partial charge is 0.306 e. The van der Waals surface area contributed by atoms with E-state index in [2.05, 4.69) is 86.8 Å². The second-order valence-corrected chi connectivity index (χ2v) is 16.2. The molecule has 0 rings (SSSR count). The van der Waals surface area contributed by atoms with Gasteiger partial charge >= 0.3 is 5.97 Å². The molecule has 3 atom stereocenters. The van der Waals surface area contributed by atoms with Crippen LogP contribution in [-0.2, 0) is 14.3 Å². The molecule has 0 heterocycles. The summed E-state index contributed by atoms with van der Waals surface area (Å²) < 4.78 is 5.88. The van der Waals surface area contributed by atoms with Gasteiger partial charge in [0.05, 0.1) is 25.2 Å². The Morgan fingerprint density at radius 3 is 1.62 bits per heavy atom. The first-order valence-electron chi connectivity index (χ1n) is 24.2. The average molecular weight is 810 g/mol. The van der Waals surface area contributed by atoms with Crippen molar-refractivity contribution >= 4 is 11.9 Å². The number of carbonyl (C=O) groups excluding carboxylic acids is 2. The molecule has 0 aliphatic rings. The standard InChI is InChI=1S/C52H91NO5/c1-4-7-10-13-16-19-22-24-26-29-32-35-38-41-44-50(55)49(47-54)53-51(56)46-48(43-40-37-34-31-28-21-18-15-12-9-6-3)58-52(57)45-42-39-36-33-30-27-25-23-20-17-14-11-8-5-2/h8-9,11-12,15,17-18,20-21,25,27-28,48-50,54-55H,4-7,10,13-14,16,19,22-24,26,29-47H2,1-3H3,(H,53,56)/b11-8+,12-9+,18-15+,20-17+,27-25+,28-21-. The van der Waals surface area contributed by atoms with Crippen LogP contribution in [0.5, 0.6) is 0 Å². The summed E-state index contributed by atoms with van der Waals surface area (Å²) >= 11 is 0. The number of nitrogens with one attached hydrogen (secondary N) is 1. The van der Waals surface area contributed by atoms with Crippen molar-refractivity contribution in [2.45, 2.75) is 238 Å². The van der Waals surface area contributed by atoms with Crippen LogP contribution in [0.2, 0.25) is 0 Å². The second kappa shape index (κ2) is 45.4. The molecule has 1 amide bonds. The Labute approximate surface area is 358 Å². The number of aliphatic hydroxyl groups is 2. The Bertz CT molecular complexity index is 1090. The molecule has 0 aromatic heterocycles. The van der Waals surface area contributed by atoms with E-state index in [9.17, 15) is 19.8 Å². The predicted octanol–water partition coefficient (Wildman–Crippen LogP) is 14.2. The van der Waals surface area contributed by atoms with E-state index in [1.165, 1.54) is 70.6 Å². The van der Waals surface area contributed by atoms with E-state index in [0.29, 0.717) is 19.3 Å². The van der Waals surface area contributed by atoms with Crippen LogP contribution in [0.15, 0.2) is 72.9 Å². The Kier molecular flexibility index (Phi) is 43.3. The normalized spacial score (nSPS) is 13.9. The van der Waals surface area contributed by atoms with Crippen LogP contribution in [0, 0.1) is 0 Å². The lowest BCUT2D eigenvalue weighted by Crippen LogP contribution is -2.46. The van der Waals surface area contributed by atoms with Crippen LogP contribution in [0.3, 0.4) is 0 Å². The highest BCUT2D eigenvalue weighted by atomic mass is 16.5. The summed E-state index contributed by atoms with van der Waals surface area (Å²) in [4.78, 5) is 26.0. The molecule has 0 bridgehead atoms. The molecular formula is C52H91NO5. The molecule has 0 saturated carbocycles. The van der Waals surface area contributed by atoms with Crippen LogP contribution in [0.25, 0.3) is 0 Å². The number of allylic oxidation sites excluding steroid dienone is 12. The largest absolute Gasteiger partial charge is 0.462 e. The van der Waals surface area contributed by atoms with Crippen molar-refractivity contribution in [1.82, 2.24) is 5.32 Å². The summed E-state index contributed by atoms with van der Waals surface area (Å²) in [6.45, 7) is 6.21. The minimum absolute atomic E-state index is 0.0424. The summed E-state index contributed by atoms with van der Waals surface area (Å²) in [7, 11) is 0. The maximum atomic E-state index is 13.2. The minimum Gasteiger partial charge on any atom is -0.462 e. The summed E-state index contributed by atoms with van der Waals surface area (Å²) in [6, 6.07) is -0.719. The monoisotopic (exact) mass is 810 g/mol. The molecule has 0 aliphatic heterocycles. The van der Waals surface area contributed by atoms with Crippen LogP contribution in [0.1, 0.15) is 220 Å². The van der Waals surface area contributed by atoms with Gasteiger partial charge in [0.15, 0.2) is 0 Å². The van der Waals surface area contributed by atoms with Crippen molar-refractivity contribution in [3.05, 3.63) is 72.9 Å². The van der Waals surface area contributed by atoms with Crippen LogP contribution in [-0.4, -0.2) is 46.9 Å². The van der Waals surface area contributed by atoms with Crippen molar-refractivity contribution < 1.29 is 24.5 Å². The molecule has 58 heavy (non-hydrogen) atoms. The van der Waals surface area contributed by atoms with Gasteiger partial charge in [0.1, 0.15) is 6.10 Å². The lowest BCUT2D eigenvalue weighted by Gasteiger charge is -2.24. The van der Waals surface area contributed by atoms with Gasteiger partial charge < -0.3 is 20.3 Å². The number of unbranched alkanes of at least 4 members (excludes halogenated alkanes) is 20. The van der Waals surface area contributed by atoms with Crippen molar-refractivity contribution in [2.75, 3.05) is 6.61 Å². The van der Waals surface area contributed by atoms with E-state index >= 15 is 0 Å². The van der Waals surface area contributed by atoms with Gasteiger partial charge in [0.25, 0.3) is 0 Å². The maximum absolute atomic E-state index is 13.2. The van der Waals surface area contributed by atoms with E-state index in [1.54, 1.807) is 0 Å². The molecule has 0 fully saturated rings. The zero-order valence-corrected chi connectivity index (χ0v) is 37.9. The maximum Gasteiger partial charge on any atom is 0.306 e. The van der Waals surface area contributed by atoms with Gasteiger partial charge in [-0.25, -0.2) is 0 Å². The molecule has 0 aromatic carbocycles. The predicted molar refractivity (Wildman–Crippen MR) is 250 cm³/mol. The number of amides is 1. The molecule has 0 spiro atoms. The van der Waals surface area contributed by atoms with Gasteiger partial charge in [-0.05, 0) is 77.0 Å². The van der Waals surface area contributed by atoms with Gasteiger partial charge in [-0.1, -0.05) is 203 Å². The van der Waals surface area contributed by atoms with Gasteiger partial charge in [0, 0.05) is 6.42 Å². The average Bonchev–Trinajstić information content (AvgIpc) is 3.22. The Morgan fingerprint density at radius 1 is 0.534 bits per heavy atom. The molecule has 3 unspecified atom stereocenters. The minimum atomic E-state index is -0.803. The molecule has 0 aromatic rings. The zero-order valence-electron chi connectivity index (χ0n) is 37.9. The first-order chi connectivity index (χ1) is 28.5. The highest BCUT2D eigenvalue weighted by Gasteiger charge is 2.24. The number of hydrogen-bond acceptors (Lipinski definition) is 5. The summed E-state index contributed by atoms with van der Waals surface area (Å²) in [5.74, 6) is -0.540. The Balaban J connectivity index is 4.62. The van der Waals surface area contributed by atoms with E-state index in [0.717, 1.165) is 103 Å². The van der Waals surface area contributed by atoms with Gasteiger partial charge in [-0.15, -0.1) is 0 Å². The molecule has 0 radical (unpaired) electrons. The zero-order chi connectivity index (χ0) is 42.4. The number of rotatable bonds is 42. The number of aliphatic hydroxyl groups excluding tert-OH is 2. The second-order valence-electron chi connectivity index (χ2n) is 16.2. The van der Waals surface area contributed by atoms with E-state index in [-0.39, 0.29) is 24.9 Å². The topological polar surface area (TPSA) is 95.9 Å².